The Morgan fingerprint density at radius 1 is 0.867 bits per heavy atom. The number of piperazine rings is 1. The van der Waals surface area contributed by atoms with Gasteiger partial charge in [0.2, 0.25) is 10.0 Å². The minimum atomic E-state index is -3.34. The number of morpholine rings is 1. The Balaban J connectivity index is 1.41. The molecule has 0 unspecified atom stereocenters. The van der Waals surface area contributed by atoms with E-state index in [2.05, 4.69) is 19.8 Å². The van der Waals surface area contributed by atoms with Crippen molar-refractivity contribution in [3.63, 3.8) is 0 Å². The summed E-state index contributed by atoms with van der Waals surface area (Å²) in [5.74, 6) is 2.54. The van der Waals surface area contributed by atoms with Crippen LogP contribution in [0.1, 0.15) is 17.0 Å². The molecule has 0 N–H and O–H groups in total. The third-order valence-corrected chi connectivity index (χ3v) is 7.42. The number of rotatable bonds is 5. The van der Waals surface area contributed by atoms with Crippen molar-refractivity contribution in [3.05, 3.63) is 47.3 Å². The molecule has 8 nitrogen and oxygen atoms in total. The van der Waals surface area contributed by atoms with E-state index < -0.39 is 10.0 Å². The third kappa shape index (κ3) is 4.91. The molecule has 0 atom stereocenters. The lowest BCUT2D eigenvalue weighted by Gasteiger charge is -2.35. The number of sulfonamides is 1. The van der Waals surface area contributed by atoms with Crippen LogP contribution in [0, 0.1) is 13.8 Å². The zero-order valence-electron chi connectivity index (χ0n) is 17.6. The van der Waals surface area contributed by atoms with Crippen LogP contribution < -0.4 is 9.80 Å². The molecule has 0 amide bonds. The number of benzene rings is 1. The van der Waals surface area contributed by atoms with E-state index in [4.69, 9.17) is 4.74 Å². The second-order valence-electron chi connectivity index (χ2n) is 7.86. The van der Waals surface area contributed by atoms with Crippen molar-refractivity contribution < 1.29 is 13.2 Å². The van der Waals surface area contributed by atoms with Crippen molar-refractivity contribution in [2.24, 2.45) is 0 Å². The van der Waals surface area contributed by atoms with Gasteiger partial charge in [-0.25, -0.2) is 18.4 Å². The zero-order chi connectivity index (χ0) is 21.1. The molecule has 0 saturated carbocycles. The molecule has 0 radical (unpaired) electrons. The van der Waals surface area contributed by atoms with Gasteiger partial charge < -0.3 is 14.5 Å². The summed E-state index contributed by atoms with van der Waals surface area (Å²) in [4.78, 5) is 13.6. The summed E-state index contributed by atoms with van der Waals surface area (Å²) in [6, 6.07) is 9.69. The number of hydrogen-bond acceptors (Lipinski definition) is 7. The largest absolute Gasteiger partial charge is 0.378 e. The highest BCUT2D eigenvalue weighted by Gasteiger charge is 2.28. The second kappa shape index (κ2) is 8.87. The Bertz CT molecular complexity index is 967. The maximum atomic E-state index is 12.9. The summed E-state index contributed by atoms with van der Waals surface area (Å²) < 4.78 is 32.8. The molecule has 4 rings (SSSR count). The Hall–Kier alpha value is -2.23. The van der Waals surface area contributed by atoms with Crippen LogP contribution in [0.25, 0.3) is 0 Å². The minimum absolute atomic E-state index is 0.0427. The molecule has 1 aromatic carbocycles. The van der Waals surface area contributed by atoms with E-state index in [1.54, 1.807) is 4.31 Å². The summed E-state index contributed by atoms with van der Waals surface area (Å²) in [7, 11) is -3.34. The highest BCUT2D eigenvalue weighted by atomic mass is 32.2. The van der Waals surface area contributed by atoms with Crippen LogP contribution in [0.4, 0.5) is 11.6 Å². The van der Waals surface area contributed by atoms with E-state index in [0.29, 0.717) is 39.4 Å². The van der Waals surface area contributed by atoms with Gasteiger partial charge >= 0.3 is 0 Å². The Labute approximate surface area is 178 Å². The molecule has 30 heavy (non-hydrogen) atoms. The molecule has 2 aliphatic rings. The summed E-state index contributed by atoms with van der Waals surface area (Å²) in [5.41, 5.74) is 1.95. The molecule has 2 aliphatic heterocycles. The van der Waals surface area contributed by atoms with Gasteiger partial charge in [-0.05, 0) is 19.4 Å². The fourth-order valence-electron chi connectivity index (χ4n) is 3.83. The van der Waals surface area contributed by atoms with Crippen molar-refractivity contribution in [1.82, 2.24) is 14.3 Å². The van der Waals surface area contributed by atoms with Gasteiger partial charge in [-0.3, -0.25) is 0 Å². The maximum absolute atomic E-state index is 12.9. The molecule has 3 heterocycles. The van der Waals surface area contributed by atoms with Crippen LogP contribution in [0.2, 0.25) is 0 Å². The Kier molecular flexibility index (Phi) is 6.21. The van der Waals surface area contributed by atoms with Gasteiger partial charge in [0.05, 0.1) is 19.0 Å². The highest BCUT2D eigenvalue weighted by molar-refractivity contribution is 7.88. The van der Waals surface area contributed by atoms with Crippen molar-refractivity contribution in [3.8, 4) is 0 Å². The van der Waals surface area contributed by atoms with E-state index in [1.165, 1.54) is 0 Å². The third-order valence-electron chi connectivity index (χ3n) is 5.57. The van der Waals surface area contributed by atoms with Crippen LogP contribution in [0.3, 0.4) is 0 Å². The van der Waals surface area contributed by atoms with Gasteiger partial charge in [-0.1, -0.05) is 29.8 Å². The van der Waals surface area contributed by atoms with Gasteiger partial charge in [0.1, 0.15) is 17.5 Å². The van der Waals surface area contributed by atoms with Crippen LogP contribution in [-0.2, 0) is 20.5 Å². The zero-order valence-corrected chi connectivity index (χ0v) is 18.4. The predicted molar refractivity (Wildman–Crippen MR) is 117 cm³/mol. The van der Waals surface area contributed by atoms with E-state index in [0.717, 1.165) is 41.7 Å². The van der Waals surface area contributed by atoms with E-state index in [9.17, 15) is 8.42 Å². The summed E-state index contributed by atoms with van der Waals surface area (Å²) in [5, 5.41) is 0. The number of hydrogen-bond donors (Lipinski definition) is 0. The predicted octanol–water partition coefficient (Wildman–Crippen LogP) is 1.58. The fraction of sp³-hybridized carbons (Fsp3) is 0.524. The van der Waals surface area contributed by atoms with E-state index in [1.807, 2.05) is 44.2 Å². The van der Waals surface area contributed by atoms with Gasteiger partial charge in [0.15, 0.2) is 0 Å². The minimum Gasteiger partial charge on any atom is -0.378 e. The van der Waals surface area contributed by atoms with Crippen LogP contribution in [0.5, 0.6) is 0 Å². The average molecular weight is 432 g/mol. The van der Waals surface area contributed by atoms with Gasteiger partial charge in [0, 0.05) is 45.3 Å². The lowest BCUT2D eigenvalue weighted by atomic mass is 10.2. The smallest absolute Gasteiger partial charge is 0.218 e. The molecular formula is C21H29N5O3S. The highest BCUT2D eigenvalue weighted by Crippen LogP contribution is 2.22. The van der Waals surface area contributed by atoms with Crippen molar-refractivity contribution in [2.75, 3.05) is 62.3 Å². The number of aryl methyl sites for hydroxylation is 2. The quantitative estimate of drug-likeness (QED) is 0.711. The van der Waals surface area contributed by atoms with E-state index in [-0.39, 0.29) is 5.75 Å². The van der Waals surface area contributed by atoms with Gasteiger partial charge in [0.25, 0.3) is 0 Å². The number of aromatic nitrogens is 2. The molecule has 9 heteroatoms. The van der Waals surface area contributed by atoms with Crippen molar-refractivity contribution >= 4 is 21.7 Å². The van der Waals surface area contributed by atoms with Crippen LogP contribution in [0.15, 0.2) is 30.3 Å². The van der Waals surface area contributed by atoms with Gasteiger partial charge in [-0.15, -0.1) is 0 Å². The SMILES string of the molecule is Cc1ccc(CS(=O)(=O)N2CCN(c3cc(N4CCOCC4)nc(C)n3)CC2)cc1. The van der Waals surface area contributed by atoms with Crippen LogP contribution in [-0.4, -0.2) is 75.2 Å². The second-order valence-corrected chi connectivity index (χ2v) is 9.83. The first kappa shape index (κ1) is 21.0. The molecule has 162 valence electrons. The summed E-state index contributed by atoms with van der Waals surface area (Å²) in [6.07, 6.45) is 0. The lowest BCUT2D eigenvalue weighted by Crippen LogP contribution is -2.49. The lowest BCUT2D eigenvalue weighted by molar-refractivity contribution is 0.122. The monoisotopic (exact) mass is 431 g/mol. The molecule has 0 spiro atoms. The van der Waals surface area contributed by atoms with Gasteiger partial charge in [-0.2, -0.15) is 4.31 Å². The standard InChI is InChI=1S/C21H29N5O3S/c1-17-3-5-19(6-4-17)16-30(27,28)26-9-7-24(8-10-26)20-15-21(23-18(2)22-20)25-11-13-29-14-12-25/h3-6,15H,7-14,16H2,1-2H3. The number of ether oxygens (including phenoxy) is 1. The van der Waals surface area contributed by atoms with Crippen LogP contribution >= 0.6 is 0 Å². The maximum Gasteiger partial charge on any atom is 0.218 e. The first-order chi connectivity index (χ1) is 14.4. The van der Waals surface area contributed by atoms with Crippen molar-refractivity contribution in [2.45, 2.75) is 19.6 Å². The molecule has 0 aliphatic carbocycles. The topological polar surface area (TPSA) is 78.9 Å². The Morgan fingerprint density at radius 2 is 1.43 bits per heavy atom. The fourth-order valence-corrected chi connectivity index (χ4v) is 5.35. The van der Waals surface area contributed by atoms with E-state index >= 15 is 0 Å². The Morgan fingerprint density at radius 3 is 2.03 bits per heavy atom. The molecule has 2 saturated heterocycles. The normalized spacial score (nSPS) is 18.6. The molecule has 1 aromatic heterocycles. The number of nitrogens with zero attached hydrogens (tertiary/aromatic N) is 5. The molecular weight excluding hydrogens is 402 g/mol. The molecule has 2 fully saturated rings. The molecule has 0 bridgehead atoms. The summed E-state index contributed by atoms with van der Waals surface area (Å²) >= 11 is 0. The molecule has 2 aromatic rings. The first-order valence-electron chi connectivity index (χ1n) is 10.4. The number of anilines is 2. The average Bonchev–Trinajstić information content (AvgIpc) is 2.75. The van der Waals surface area contributed by atoms with Crippen molar-refractivity contribution in [1.29, 1.82) is 0 Å². The first-order valence-corrected chi connectivity index (χ1v) is 12.0. The summed E-state index contributed by atoms with van der Waals surface area (Å²) in [6.45, 7) is 9.10.